The molecule has 7 heteroatoms. The minimum absolute atomic E-state index is 0.204. The second-order valence-corrected chi connectivity index (χ2v) is 7.26. The van der Waals surface area contributed by atoms with Crippen LogP contribution in [0, 0.1) is 12.7 Å². The average molecular weight is 338 g/mol. The van der Waals surface area contributed by atoms with Crippen LogP contribution in [0.3, 0.4) is 0 Å². The minimum Gasteiger partial charge on any atom is -0.325 e. The topological polar surface area (TPSA) is 63.2 Å². The highest BCUT2D eigenvalue weighted by Gasteiger charge is 2.24. The first-order valence-electron chi connectivity index (χ1n) is 5.08. The molecule has 0 saturated carbocycles. The molecule has 0 fully saturated rings. The van der Waals surface area contributed by atoms with Gasteiger partial charge in [0.1, 0.15) is 11.1 Å². The molecule has 4 nitrogen and oxygen atoms in total. The van der Waals surface area contributed by atoms with Crippen LogP contribution in [0.4, 0.5) is 10.1 Å². The van der Waals surface area contributed by atoms with Crippen LogP contribution in [0.25, 0.3) is 0 Å². The van der Waals surface area contributed by atoms with Crippen LogP contribution < -0.4 is 5.32 Å². The molecule has 1 atom stereocenters. The highest BCUT2D eigenvalue weighted by atomic mass is 79.9. The van der Waals surface area contributed by atoms with Gasteiger partial charge in [0.15, 0.2) is 9.84 Å². The number of aryl methyl sites for hydroxylation is 1. The lowest BCUT2D eigenvalue weighted by Crippen LogP contribution is -2.32. The highest BCUT2D eigenvalue weighted by Crippen LogP contribution is 2.24. The number of rotatable bonds is 3. The van der Waals surface area contributed by atoms with Gasteiger partial charge in [0.2, 0.25) is 5.91 Å². The van der Waals surface area contributed by atoms with Gasteiger partial charge in [0.25, 0.3) is 0 Å². The number of benzene rings is 1. The summed E-state index contributed by atoms with van der Waals surface area (Å²) in [5.74, 6) is -1.08. The monoisotopic (exact) mass is 337 g/mol. The number of hydrogen-bond acceptors (Lipinski definition) is 3. The van der Waals surface area contributed by atoms with E-state index < -0.39 is 26.8 Å². The lowest BCUT2D eigenvalue weighted by atomic mass is 10.2. The number of anilines is 1. The predicted molar refractivity (Wildman–Crippen MR) is 71.8 cm³/mol. The van der Waals surface area contributed by atoms with E-state index in [2.05, 4.69) is 21.2 Å². The van der Waals surface area contributed by atoms with Gasteiger partial charge in [-0.2, -0.15) is 0 Å². The summed E-state index contributed by atoms with van der Waals surface area (Å²) in [6.45, 7) is 2.93. The van der Waals surface area contributed by atoms with E-state index in [-0.39, 0.29) is 4.47 Å². The van der Waals surface area contributed by atoms with Crippen molar-refractivity contribution in [2.45, 2.75) is 19.1 Å². The third-order valence-corrected chi connectivity index (χ3v) is 4.64. The Morgan fingerprint density at radius 3 is 2.50 bits per heavy atom. The summed E-state index contributed by atoms with van der Waals surface area (Å²) in [5, 5.41) is 1.32. The largest absolute Gasteiger partial charge is 0.325 e. The van der Waals surface area contributed by atoms with Crippen molar-refractivity contribution in [2.24, 2.45) is 0 Å². The number of sulfone groups is 1. The second kappa shape index (κ2) is 5.36. The molecule has 18 heavy (non-hydrogen) atoms. The first kappa shape index (κ1) is 15.1. The average Bonchev–Trinajstić information content (AvgIpc) is 2.23. The molecule has 1 aromatic rings. The molecule has 0 aliphatic carbocycles. The van der Waals surface area contributed by atoms with Gasteiger partial charge in [-0.25, -0.2) is 12.8 Å². The van der Waals surface area contributed by atoms with Crippen molar-refractivity contribution < 1.29 is 17.6 Å². The molecular weight excluding hydrogens is 325 g/mol. The summed E-state index contributed by atoms with van der Waals surface area (Å²) < 4.78 is 35.9. The van der Waals surface area contributed by atoms with Crippen LogP contribution in [0.1, 0.15) is 12.5 Å². The first-order chi connectivity index (χ1) is 8.12. The fourth-order valence-corrected chi connectivity index (χ4v) is 2.00. The van der Waals surface area contributed by atoms with E-state index in [1.54, 1.807) is 6.92 Å². The quantitative estimate of drug-likeness (QED) is 0.920. The van der Waals surface area contributed by atoms with Gasteiger partial charge in [0.05, 0.1) is 4.47 Å². The van der Waals surface area contributed by atoms with E-state index >= 15 is 0 Å². The van der Waals surface area contributed by atoms with Crippen molar-refractivity contribution in [3.63, 3.8) is 0 Å². The normalized spacial score (nSPS) is 13.2. The van der Waals surface area contributed by atoms with Gasteiger partial charge in [-0.15, -0.1) is 0 Å². The van der Waals surface area contributed by atoms with Crippen molar-refractivity contribution in [3.8, 4) is 0 Å². The molecule has 1 aromatic carbocycles. The number of amides is 1. The summed E-state index contributed by atoms with van der Waals surface area (Å²) in [6.07, 6.45) is 0.991. The van der Waals surface area contributed by atoms with Crippen LogP contribution >= 0.6 is 15.9 Å². The van der Waals surface area contributed by atoms with Crippen LogP contribution in [-0.4, -0.2) is 25.8 Å². The SMILES string of the molecule is Cc1cc(F)c(Br)cc1NC(=O)C(C)S(C)(=O)=O. The maximum atomic E-state index is 13.2. The molecule has 0 aromatic heterocycles. The molecular formula is C11H13BrFNO3S. The van der Waals surface area contributed by atoms with E-state index in [0.717, 1.165) is 6.26 Å². The Morgan fingerprint density at radius 1 is 1.44 bits per heavy atom. The molecule has 1 amide bonds. The maximum Gasteiger partial charge on any atom is 0.242 e. The van der Waals surface area contributed by atoms with E-state index in [4.69, 9.17) is 0 Å². The summed E-state index contributed by atoms with van der Waals surface area (Å²) in [5.41, 5.74) is 0.897. The Bertz CT molecular complexity index is 586. The Balaban J connectivity index is 2.99. The summed E-state index contributed by atoms with van der Waals surface area (Å²) in [6, 6.07) is 2.66. The summed E-state index contributed by atoms with van der Waals surface area (Å²) in [4.78, 5) is 11.7. The van der Waals surface area contributed by atoms with E-state index in [9.17, 15) is 17.6 Å². The lowest BCUT2D eigenvalue weighted by Gasteiger charge is -2.13. The van der Waals surface area contributed by atoms with Crippen molar-refractivity contribution >= 4 is 37.4 Å². The molecule has 0 radical (unpaired) electrons. The minimum atomic E-state index is -3.45. The summed E-state index contributed by atoms with van der Waals surface area (Å²) in [7, 11) is -3.45. The Labute approximate surface area is 114 Å². The Morgan fingerprint density at radius 2 is 2.00 bits per heavy atom. The first-order valence-corrected chi connectivity index (χ1v) is 7.83. The van der Waals surface area contributed by atoms with Crippen molar-refractivity contribution in [2.75, 3.05) is 11.6 Å². The molecule has 1 N–H and O–H groups in total. The van der Waals surface area contributed by atoms with Crippen LogP contribution in [0.15, 0.2) is 16.6 Å². The molecule has 100 valence electrons. The maximum absolute atomic E-state index is 13.2. The molecule has 0 aliphatic rings. The third-order valence-electron chi connectivity index (χ3n) is 2.54. The molecule has 0 bridgehead atoms. The lowest BCUT2D eigenvalue weighted by molar-refractivity contribution is -0.115. The van der Waals surface area contributed by atoms with Crippen LogP contribution in [0.5, 0.6) is 0 Å². The Hall–Kier alpha value is -0.950. The number of nitrogens with one attached hydrogen (secondary N) is 1. The zero-order chi connectivity index (χ0) is 14.1. The van der Waals surface area contributed by atoms with Gasteiger partial charge in [-0.05, 0) is 47.5 Å². The fourth-order valence-electron chi connectivity index (χ4n) is 1.21. The standard InChI is InChI=1S/C11H13BrFNO3S/c1-6-4-9(13)8(12)5-10(6)14-11(15)7(2)18(3,16)17/h4-5,7H,1-3H3,(H,14,15). The van der Waals surface area contributed by atoms with Crippen molar-refractivity contribution in [1.82, 2.24) is 0 Å². The highest BCUT2D eigenvalue weighted by molar-refractivity contribution is 9.10. The number of carbonyl (C=O) groups is 1. The number of hydrogen-bond donors (Lipinski definition) is 1. The fraction of sp³-hybridized carbons (Fsp3) is 0.364. The van der Waals surface area contributed by atoms with E-state index in [1.165, 1.54) is 19.1 Å². The molecule has 1 unspecified atom stereocenters. The zero-order valence-corrected chi connectivity index (χ0v) is 12.5. The molecule has 0 saturated heterocycles. The second-order valence-electron chi connectivity index (χ2n) is 4.04. The smallest absolute Gasteiger partial charge is 0.242 e. The van der Waals surface area contributed by atoms with Crippen LogP contribution in [-0.2, 0) is 14.6 Å². The van der Waals surface area contributed by atoms with E-state index in [1.807, 2.05) is 0 Å². The molecule has 0 aliphatic heterocycles. The third kappa shape index (κ3) is 3.52. The predicted octanol–water partition coefficient (Wildman–Crippen LogP) is 2.27. The molecule has 0 heterocycles. The van der Waals surface area contributed by atoms with E-state index in [0.29, 0.717) is 11.3 Å². The van der Waals surface area contributed by atoms with Crippen molar-refractivity contribution in [1.29, 1.82) is 0 Å². The molecule has 1 rings (SSSR count). The number of halogens is 2. The van der Waals surface area contributed by atoms with Crippen LogP contribution in [0.2, 0.25) is 0 Å². The molecule has 0 spiro atoms. The van der Waals surface area contributed by atoms with Gasteiger partial charge in [-0.3, -0.25) is 4.79 Å². The van der Waals surface area contributed by atoms with Gasteiger partial charge in [0, 0.05) is 11.9 Å². The van der Waals surface area contributed by atoms with Gasteiger partial charge >= 0.3 is 0 Å². The van der Waals surface area contributed by atoms with Gasteiger partial charge < -0.3 is 5.32 Å². The Kier molecular flexibility index (Phi) is 4.50. The van der Waals surface area contributed by atoms with Gasteiger partial charge in [-0.1, -0.05) is 0 Å². The number of carbonyl (C=O) groups excluding carboxylic acids is 1. The zero-order valence-electron chi connectivity index (χ0n) is 10.1. The van der Waals surface area contributed by atoms with Crippen molar-refractivity contribution in [3.05, 3.63) is 28.0 Å². The summed E-state index contributed by atoms with van der Waals surface area (Å²) >= 11 is 3.00.